The van der Waals surface area contributed by atoms with Crippen molar-refractivity contribution < 1.29 is 27.2 Å². The van der Waals surface area contributed by atoms with Crippen LogP contribution < -0.4 is 10.2 Å². The van der Waals surface area contributed by atoms with E-state index >= 15 is 0 Å². The van der Waals surface area contributed by atoms with Crippen molar-refractivity contribution in [2.75, 3.05) is 18.0 Å². The van der Waals surface area contributed by atoms with Gasteiger partial charge in [0.1, 0.15) is 5.82 Å². The van der Waals surface area contributed by atoms with Crippen LogP contribution in [0.15, 0.2) is 36.4 Å². The number of amides is 2. The predicted octanol–water partition coefficient (Wildman–Crippen LogP) is 3.03. The summed E-state index contributed by atoms with van der Waals surface area (Å²) in [5.41, 5.74) is -0.637. The van der Waals surface area contributed by atoms with E-state index < -0.39 is 40.8 Å². The third-order valence-corrected chi connectivity index (χ3v) is 3.43. The minimum absolute atomic E-state index is 0.148. The highest BCUT2D eigenvalue weighted by Crippen LogP contribution is 2.23. The number of carbonyl (C=O) groups excluding carboxylic acids is 2. The summed E-state index contributed by atoms with van der Waals surface area (Å²) < 4.78 is 53.7. The molecule has 0 aliphatic rings. The van der Waals surface area contributed by atoms with E-state index in [-0.39, 0.29) is 18.7 Å². The summed E-state index contributed by atoms with van der Waals surface area (Å²) in [7, 11) is 0. The SMILES string of the molecule is CC(=O)N(CCNC(=O)c1ccccc1F)c1ccc(F)c(F)c1F. The van der Waals surface area contributed by atoms with Crippen LogP contribution in [0.25, 0.3) is 0 Å². The minimum atomic E-state index is -1.70. The molecule has 0 atom stereocenters. The Bertz CT molecular complexity index is 811. The van der Waals surface area contributed by atoms with Crippen LogP contribution >= 0.6 is 0 Å². The summed E-state index contributed by atoms with van der Waals surface area (Å²) in [6.07, 6.45) is 0. The van der Waals surface area contributed by atoms with Gasteiger partial charge in [0.05, 0.1) is 11.3 Å². The zero-order chi connectivity index (χ0) is 18.6. The molecule has 25 heavy (non-hydrogen) atoms. The second kappa shape index (κ2) is 7.78. The molecular weight excluding hydrogens is 340 g/mol. The second-order valence-electron chi connectivity index (χ2n) is 5.10. The molecule has 0 heterocycles. The summed E-state index contributed by atoms with van der Waals surface area (Å²) in [5.74, 6) is -6.64. The standard InChI is InChI=1S/C17H14F4N2O2/c1-10(24)23(14-7-6-13(19)15(20)16(14)21)9-8-22-17(25)11-4-2-3-5-12(11)18/h2-7H,8-9H2,1H3,(H,22,25). The largest absolute Gasteiger partial charge is 0.350 e. The summed E-state index contributed by atoms with van der Waals surface area (Å²) in [5, 5.41) is 2.38. The van der Waals surface area contributed by atoms with Crippen LogP contribution in [0.4, 0.5) is 23.2 Å². The van der Waals surface area contributed by atoms with Crippen molar-refractivity contribution >= 4 is 17.5 Å². The predicted molar refractivity (Wildman–Crippen MR) is 83.1 cm³/mol. The van der Waals surface area contributed by atoms with Crippen molar-refractivity contribution in [2.24, 2.45) is 0 Å². The molecule has 2 aromatic carbocycles. The first-order valence-corrected chi connectivity index (χ1v) is 7.27. The van der Waals surface area contributed by atoms with Gasteiger partial charge in [0.25, 0.3) is 5.91 Å². The maximum absolute atomic E-state index is 13.8. The van der Waals surface area contributed by atoms with Gasteiger partial charge in [-0.1, -0.05) is 12.1 Å². The molecule has 2 rings (SSSR count). The van der Waals surface area contributed by atoms with Crippen molar-refractivity contribution in [3.05, 3.63) is 65.2 Å². The van der Waals surface area contributed by atoms with Crippen LogP contribution in [0.1, 0.15) is 17.3 Å². The molecule has 0 bridgehead atoms. The first-order chi connectivity index (χ1) is 11.8. The third-order valence-electron chi connectivity index (χ3n) is 3.43. The molecule has 0 aliphatic heterocycles. The molecule has 2 amide bonds. The lowest BCUT2D eigenvalue weighted by Gasteiger charge is -2.22. The van der Waals surface area contributed by atoms with Gasteiger partial charge in [-0.05, 0) is 24.3 Å². The average Bonchev–Trinajstić information content (AvgIpc) is 2.57. The van der Waals surface area contributed by atoms with Gasteiger partial charge in [0.15, 0.2) is 17.5 Å². The monoisotopic (exact) mass is 354 g/mol. The Balaban J connectivity index is 2.09. The Morgan fingerprint density at radius 3 is 2.28 bits per heavy atom. The second-order valence-corrected chi connectivity index (χ2v) is 5.10. The maximum atomic E-state index is 13.8. The third kappa shape index (κ3) is 4.14. The molecule has 132 valence electrons. The van der Waals surface area contributed by atoms with Crippen LogP contribution in [0, 0.1) is 23.3 Å². The molecule has 0 aromatic heterocycles. The number of rotatable bonds is 5. The molecule has 4 nitrogen and oxygen atoms in total. The quantitative estimate of drug-likeness (QED) is 0.663. The van der Waals surface area contributed by atoms with Crippen molar-refractivity contribution in [2.45, 2.75) is 6.92 Å². The van der Waals surface area contributed by atoms with E-state index in [1.807, 2.05) is 0 Å². The Morgan fingerprint density at radius 1 is 0.960 bits per heavy atom. The molecule has 0 saturated carbocycles. The molecule has 0 unspecified atom stereocenters. The smallest absolute Gasteiger partial charge is 0.254 e. The van der Waals surface area contributed by atoms with Gasteiger partial charge in [-0.2, -0.15) is 0 Å². The molecule has 0 spiro atoms. The number of benzene rings is 2. The van der Waals surface area contributed by atoms with Crippen LogP contribution in [0.2, 0.25) is 0 Å². The Morgan fingerprint density at radius 2 is 1.64 bits per heavy atom. The first-order valence-electron chi connectivity index (χ1n) is 7.27. The van der Waals surface area contributed by atoms with Gasteiger partial charge >= 0.3 is 0 Å². The zero-order valence-corrected chi connectivity index (χ0v) is 13.2. The molecule has 0 saturated heterocycles. The highest BCUT2D eigenvalue weighted by Gasteiger charge is 2.21. The number of nitrogens with zero attached hydrogens (tertiary/aromatic N) is 1. The summed E-state index contributed by atoms with van der Waals surface area (Å²) in [6, 6.07) is 6.93. The van der Waals surface area contributed by atoms with E-state index in [1.165, 1.54) is 18.2 Å². The molecule has 0 aliphatic carbocycles. The first kappa shape index (κ1) is 18.4. The molecular formula is C17H14F4N2O2. The van der Waals surface area contributed by atoms with Gasteiger partial charge in [-0.15, -0.1) is 0 Å². The Kier molecular flexibility index (Phi) is 5.74. The lowest BCUT2D eigenvalue weighted by atomic mass is 10.2. The van der Waals surface area contributed by atoms with Crippen molar-refractivity contribution in [1.29, 1.82) is 0 Å². The fourth-order valence-electron chi connectivity index (χ4n) is 2.19. The van der Waals surface area contributed by atoms with E-state index in [4.69, 9.17) is 0 Å². The lowest BCUT2D eigenvalue weighted by molar-refractivity contribution is -0.116. The Hall–Kier alpha value is -2.90. The minimum Gasteiger partial charge on any atom is -0.350 e. The van der Waals surface area contributed by atoms with Crippen LogP contribution in [0.5, 0.6) is 0 Å². The number of hydrogen-bond acceptors (Lipinski definition) is 2. The molecule has 0 radical (unpaired) electrons. The van der Waals surface area contributed by atoms with E-state index in [2.05, 4.69) is 5.32 Å². The highest BCUT2D eigenvalue weighted by atomic mass is 19.2. The lowest BCUT2D eigenvalue weighted by Crippen LogP contribution is -2.38. The van der Waals surface area contributed by atoms with Crippen molar-refractivity contribution in [3.8, 4) is 0 Å². The van der Waals surface area contributed by atoms with Crippen molar-refractivity contribution in [1.82, 2.24) is 5.32 Å². The summed E-state index contributed by atoms with van der Waals surface area (Å²) in [6.45, 7) is 0.752. The highest BCUT2D eigenvalue weighted by molar-refractivity contribution is 5.95. The molecule has 2 aromatic rings. The summed E-state index contributed by atoms with van der Waals surface area (Å²) in [4.78, 5) is 24.4. The van der Waals surface area contributed by atoms with E-state index in [0.29, 0.717) is 6.07 Å². The molecule has 1 N–H and O–H groups in total. The fraction of sp³-hybridized carbons (Fsp3) is 0.176. The van der Waals surface area contributed by atoms with Gasteiger partial charge in [0, 0.05) is 20.0 Å². The van der Waals surface area contributed by atoms with Gasteiger partial charge < -0.3 is 10.2 Å². The van der Waals surface area contributed by atoms with E-state index in [0.717, 1.165) is 24.0 Å². The van der Waals surface area contributed by atoms with E-state index in [1.54, 1.807) is 0 Å². The van der Waals surface area contributed by atoms with Crippen LogP contribution in [-0.4, -0.2) is 24.9 Å². The number of nitrogens with one attached hydrogen (secondary N) is 1. The normalized spacial score (nSPS) is 10.4. The number of carbonyl (C=O) groups is 2. The number of hydrogen-bond donors (Lipinski definition) is 1. The topological polar surface area (TPSA) is 49.4 Å². The average molecular weight is 354 g/mol. The number of anilines is 1. The van der Waals surface area contributed by atoms with Gasteiger partial charge in [-0.25, -0.2) is 17.6 Å². The van der Waals surface area contributed by atoms with Crippen molar-refractivity contribution in [3.63, 3.8) is 0 Å². The van der Waals surface area contributed by atoms with Crippen LogP contribution in [-0.2, 0) is 4.79 Å². The van der Waals surface area contributed by atoms with Crippen LogP contribution in [0.3, 0.4) is 0 Å². The zero-order valence-electron chi connectivity index (χ0n) is 13.2. The van der Waals surface area contributed by atoms with Gasteiger partial charge in [-0.3, -0.25) is 9.59 Å². The van der Waals surface area contributed by atoms with Gasteiger partial charge in [0.2, 0.25) is 5.91 Å². The fourth-order valence-corrected chi connectivity index (χ4v) is 2.19. The Labute approximate surface area is 141 Å². The summed E-state index contributed by atoms with van der Waals surface area (Å²) >= 11 is 0. The molecule has 8 heteroatoms. The van der Waals surface area contributed by atoms with E-state index in [9.17, 15) is 27.2 Å². The molecule has 0 fully saturated rings. The number of halogens is 4. The maximum Gasteiger partial charge on any atom is 0.254 e.